The van der Waals surface area contributed by atoms with Crippen LogP contribution in [0.3, 0.4) is 0 Å². The van der Waals surface area contributed by atoms with Gasteiger partial charge in [0, 0.05) is 32.9 Å². The van der Waals surface area contributed by atoms with Gasteiger partial charge < -0.3 is 14.3 Å². The summed E-state index contributed by atoms with van der Waals surface area (Å²) in [6.07, 6.45) is -0.0531. The monoisotopic (exact) mass is 541 g/mol. The first kappa shape index (κ1) is 23.4. The van der Waals surface area contributed by atoms with Crippen molar-refractivity contribution in [2.75, 3.05) is 5.32 Å². The molecule has 2 unspecified atom stereocenters. The zero-order chi connectivity index (χ0) is 27.6. The van der Waals surface area contributed by atoms with Gasteiger partial charge in [-0.2, -0.15) is 0 Å². The maximum Gasteiger partial charge on any atom is 0.136 e. The Kier molecular flexibility index (Phi) is 5.07. The number of benzene rings is 6. The number of hydrogen-bond acceptors (Lipinski definition) is 3. The van der Waals surface area contributed by atoms with Crippen molar-refractivity contribution in [1.82, 2.24) is 9.88 Å². The Labute approximate surface area is 242 Å². The van der Waals surface area contributed by atoms with Crippen LogP contribution >= 0.6 is 0 Å². The lowest BCUT2D eigenvalue weighted by Gasteiger charge is -2.35. The van der Waals surface area contributed by atoms with E-state index in [1.54, 1.807) is 0 Å². The van der Waals surface area contributed by atoms with Crippen molar-refractivity contribution in [3.63, 3.8) is 0 Å². The SMILES string of the molecule is c1ccc(C2NC(c3cccc(-n4c5ccccc5c5cc6oc7ccccc7c6cc54)c3)Nc3ccccc32)cc1. The maximum absolute atomic E-state index is 6.27. The number of nitrogens with zero attached hydrogens (tertiary/aromatic N) is 1. The summed E-state index contributed by atoms with van der Waals surface area (Å²) in [5.41, 5.74) is 10.2. The Morgan fingerprint density at radius 2 is 1.29 bits per heavy atom. The van der Waals surface area contributed by atoms with Gasteiger partial charge in [0.15, 0.2) is 0 Å². The smallest absolute Gasteiger partial charge is 0.136 e. The minimum absolute atomic E-state index is 0.0531. The van der Waals surface area contributed by atoms with Crippen molar-refractivity contribution in [3.05, 3.63) is 156 Å². The average molecular weight is 542 g/mol. The number of para-hydroxylation sites is 3. The molecule has 1 aliphatic heterocycles. The van der Waals surface area contributed by atoms with Gasteiger partial charge >= 0.3 is 0 Å². The summed E-state index contributed by atoms with van der Waals surface area (Å²) in [5, 5.41) is 12.3. The molecule has 8 aromatic rings. The van der Waals surface area contributed by atoms with Crippen LogP contribution in [-0.4, -0.2) is 4.57 Å². The third-order valence-electron chi connectivity index (χ3n) is 8.67. The molecule has 0 amide bonds. The molecule has 2 atom stereocenters. The number of fused-ring (bicyclic) bond motifs is 7. The third-order valence-corrected chi connectivity index (χ3v) is 8.67. The van der Waals surface area contributed by atoms with E-state index in [0.29, 0.717) is 0 Å². The highest BCUT2D eigenvalue weighted by Crippen LogP contribution is 2.40. The van der Waals surface area contributed by atoms with Gasteiger partial charge in [-0.15, -0.1) is 0 Å². The summed E-state index contributed by atoms with van der Waals surface area (Å²) in [5.74, 6) is 0. The van der Waals surface area contributed by atoms with Crippen LogP contribution in [0.15, 0.2) is 144 Å². The van der Waals surface area contributed by atoms with Crippen molar-refractivity contribution in [1.29, 1.82) is 0 Å². The summed E-state index contributed by atoms with van der Waals surface area (Å²) in [4.78, 5) is 0. The van der Waals surface area contributed by atoms with Gasteiger partial charge in [0.25, 0.3) is 0 Å². The molecule has 2 N–H and O–H groups in total. The van der Waals surface area contributed by atoms with Gasteiger partial charge in [0.1, 0.15) is 17.3 Å². The van der Waals surface area contributed by atoms with Gasteiger partial charge in [-0.3, -0.25) is 5.32 Å². The summed E-state index contributed by atoms with van der Waals surface area (Å²) in [6, 6.07) is 49.7. The normalized spacial score (nSPS) is 16.7. The third kappa shape index (κ3) is 3.52. The molecular formula is C38H27N3O. The quantitative estimate of drug-likeness (QED) is 0.234. The first-order valence-electron chi connectivity index (χ1n) is 14.4. The fourth-order valence-electron chi connectivity index (χ4n) is 6.74. The topological polar surface area (TPSA) is 42.1 Å². The summed E-state index contributed by atoms with van der Waals surface area (Å²) >= 11 is 0. The molecule has 2 aromatic heterocycles. The number of aromatic nitrogens is 1. The van der Waals surface area contributed by atoms with E-state index in [1.807, 2.05) is 12.1 Å². The van der Waals surface area contributed by atoms with Crippen molar-refractivity contribution in [3.8, 4) is 5.69 Å². The van der Waals surface area contributed by atoms with E-state index < -0.39 is 0 Å². The molecule has 0 bridgehead atoms. The van der Waals surface area contributed by atoms with Crippen LogP contribution in [0.4, 0.5) is 5.69 Å². The number of rotatable bonds is 3. The molecule has 9 rings (SSSR count). The Bertz CT molecular complexity index is 2280. The molecule has 4 heteroatoms. The predicted octanol–water partition coefficient (Wildman–Crippen LogP) is 9.49. The molecule has 1 aliphatic rings. The maximum atomic E-state index is 6.27. The van der Waals surface area contributed by atoms with Gasteiger partial charge in [-0.25, -0.2) is 0 Å². The van der Waals surface area contributed by atoms with Crippen LogP contribution in [0, 0.1) is 0 Å². The van der Waals surface area contributed by atoms with E-state index in [0.717, 1.165) is 33.3 Å². The van der Waals surface area contributed by atoms with Crippen LogP contribution in [0.5, 0.6) is 0 Å². The summed E-state index contributed by atoms with van der Waals surface area (Å²) in [6.45, 7) is 0. The predicted molar refractivity (Wildman–Crippen MR) is 172 cm³/mol. The minimum Gasteiger partial charge on any atom is -0.456 e. The molecule has 0 fully saturated rings. The molecule has 0 saturated carbocycles. The van der Waals surface area contributed by atoms with Crippen LogP contribution in [0.2, 0.25) is 0 Å². The second-order valence-corrected chi connectivity index (χ2v) is 11.1. The van der Waals surface area contributed by atoms with E-state index >= 15 is 0 Å². The van der Waals surface area contributed by atoms with Crippen LogP contribution in [0.25, 0.3) is 49.4 Å². The number of nitrogens with one attached hydrogen (secondary N) is 2. The highest BCUT2D eigenvalue weighted by atomic mass is 16.3. The Hall–Kier alpha value is -5.32. The fourth-order valence-corrected chi connectivity index (χ4v) is 6.74. The zero-order valence-electron chi connectivity index (χ0n) is 22.8. The lowest BCUT2D eigenvalue weighted by molar-refractivity contribution is 0.506. The molecular weight excluding hydrogens is 514 g/mol. The average Bonchev–Trinajstić information content (AvgIpc) is 3.58. The lowest BCUT2D eigenvalue weighted by Crippen LogP contribution is -2.37. The molecule has 3 heterocycles. The van der Waals surface area contributed by atoms with Gasteiger partial charge in [0.2, 0.25) is 0 Å². The molecule has 42 heavy (non-hydrogen) atoms. The lowest BCUT2D eigenvalue weighted by atomic mass is 9.93. The fraction of sp³-hybridized carbons (Fsp3) is 0.0526. The van der Waals surface area contributed by atoms with E-state index in [4.69, 9.17) is 4.42 Å². The van der Waals surface area contributed by atoms with Gasteiger partial charge in [-0.1, -0.05) is 97.1 Å². The Balaban J connectivity index is 1.22. The van der Waals surface area contributed by atoms with E-state index in [1.165, 1.54) is 38.5 Å². The highest BCUT2D eigenvalue weighted by molar-refractivity contribution is 6.17. The van der Waals surface area contributed by atoms with Crippen molar-refractivity contribution in [2.24, 2.45) is 0 Å². The molecule has 0 aliphatic carbocycles. The van der Waals surface area contributed by atoms with Crippen molar-refractivity contribution >= 4 is 49.4 Å². The first-order chi connectivity index (χ1) is 20.8. The Morgan fingerprint density at radius 3 is 2.21 bits per heavy atom. The van der Waals surface area contributed by atoms with E-state index in [2.05, 4.69) is 143 Å². The van der Waals surface area contributed by atoms with Crippen LogP contribution < -0.4 is 10.6 Å². The van der Waals surface area contributed by atoms with Gasteiger partial charge in [-0.05, 0) is 59.2 Å². The minimum atomic E-state index is -0.0531. The van der Waals surface area contributed by atoms with Crippen molar-refractivity contribution in [2.45, 2.75) is 12.2 Å². The largest absolute Gasteiger partial charge is 0.456 e. The number of hydrogen-bond donors (Lipinski definition) is 2. The van der Waals surface area contributed by atoms with Crippen LogP contribution in [-0.2, 0) is 0 Å². The molecule has 0 radical (unpaired) electrons. The highest BCUT2D eigenvalue weighted by Gasteiger charge is 2.28. The molecule has 4 nitrogen and oxygen atoms in total. The van der Waals surface area contributed by atoms with Gasteiger partial charge in [0.05, 0.1) is 17.1 Å². The number of furan rings is 1. The molecule has 0 spiro atoms. The van der Waals surface area contributed by atoms with Crippen LogP contribution in [0.1, 0.15) is 28.9 Å². The molecule has 200 valence electrons. The zero-order valence-corrected chi connectivity index (χ0v) is 22.8. The van der Waals surface area contributed by atoms with E-state index in [-0.39, 0.29) is 12.2 Å². The summed E-state index contributed by atoms with van der Waals surface area (Å²) in [7, 11) is 0. The standard InChI is InChI=1S/C38H27N3O/c1-2-11-24(12-3-1)37-29-17-4-7-18-32(29)39-38(40-37)25-13-10-14-26(21-25)41-33-19-8-5-15-27(33)30-23-36-31(22-34(30)41)28-16-6-9-20-35(28)42-36/h1-23,37-40H. The molecule has 6 aromatic carbocycles. The second-order valence-electron chi connectivity index (χ2n) is 11.1. The first-order valence-corrected chi connectivity index (χ1v) is 14.4. The van der Waals surface area contributed by atoms with Crippen molar-refractivity contribution < 1.29 is 4.42 Å². The number of anilines is 1. The summed E-state index contributed by atoms with van der Waals surface area (Å²) < 4.78 is 8.66. The Morgan fingerprint density at radius 1 is 0.524 bits per heavy atom. The molecule has 0 saturated heterocycles. The van der Waals surface area contributed by atoms with E-state index in [9.17, 15) is 0 Å². The second kappa shape index (κ2) is 9.10.